The van der Waals surface area contributed by atoms with Crippen molar-refractivity contribution in [3.05, 3.63) is 23.3 Å². The number of ether oxygens (including phenoxy) is 3. The fraction of sp³-hybridized carbons (Fsp3) is 0.500. The number of fused-ring (bicyclic) bond motifs is 1. The zero-order chi connectivity index (χ0) is 11.5. The average Bonchev–Trinajstić information content (AvgIpc) is 2.51. The number of halogens is 1. The van der Waals surface area contributed by atoms with Gasteiger partial charge in [-0.25, -0.2) is 0 Å². The zero-order valence-corrected chi connectivity index (χ0v) is 11.0. The van der Waals surface area contributed by atoms with Crippen LogP contribution in [0.15, 0.2) is 12.1 Å². The van der Waals surface area contributed by atoms with Crippen molar-refractivity contribution in [1.29, 1.82) is 0 Å². The van der Waals surface area contributed by atoms with Crippen molar-refractivity contribution in [1.82, 2.24) is 0 Å². The Balaban J connectivity index is 2.56. The Hall–Kier alpha value is -0.740. The molecule has 1 aliphatic heterocycles. The topological polar surface area (TPSA) is 27.7 Å². The quantitative estimate of drug-likeness (QED) is 0.783. The lowest BCUT2D eigenvalue weighted by Crippen LogP contribution is -2.03. The van der Waals surface area contributed by atoms with Gasteiger partial charge < -0.3 is 14.2 Å². The van der Waals surface area contributed by atoms with E-state index in [4.69, 9.17) is 14.2 Å². The highest BCUT2D eigenvalue weighted by Gasteiger charge is 2.23. The van der Waals surface area contributed by atoms with Crippen LogP contribution in [-0.4, -0.2) is 27.4 Å². The summed E-state index contributed by atoms with van der Waals surface area (Å²) in [5.41, 5.74) is 2.33. The third-order valence-corrected chi connectivity index (χ3v) is 3.51. The third kappa shape index (κ3) is 2.04. The Morgan fingerprint density at radius 1 is 1.25 bits per heavy atom. The van der Waals surface area contributed by atoms with Gasteiger partial charge in [0.1, 0.15) is 11.5 Å². The SMILES string of the molecule is COc1ccc(OC)c2c1CCOCC2Br. The Bertz CT molecular complexity index is 379. The largest absolute Gasteiger partial charge is 0.496 e. The van der Waals surface area contributed by atoms with Crippen LogP contribution in [0.2, 0.25) is 0 Å². The monoisotopic (exact) mass is 286 g/mol. The molecular weight excluding hydrogens is 272 g/mol. The predicted molar refractivity (Wildman–Crippen MR) is 65.7 cm³/mol. The van der Waals surface area contributed by atoms with Gasteiger partial charge in [-0.05, 0) is 18.6 Å². The van der Waals surface area contributed by atoms with Crippen molar-refractivity contribution < 1.29 is 14.2 Å². The summed E-state index contributed by atoms with van der Waals surface area (Å²) < 4.78 is 16.3. The van der Waals surface area contributed by atoms with E-state index in [2.05, 4.69) is 15.9 Å². The van der Waals surface area contributed by atoms with Gasteiger partial charge in [-0.2, -0.15) is 0 Å². The molecule has 0 aliphatic carbocycles. The maximum Gasteiger partial charge on any atom is 0.123 e. The summed E-state index contributed by atoms with van der Waals surface area (Å²) in [6, 6.07) is 3.89. The summed E-state index contributed by atoms with van der Waals surface area (Å²) in [6.07, 6.45) is 0.859. The molecule has 16 heavy (non-hydrogen) atoms. The van der Waals surface area contributed by atoms with E-state index in [9.17, 15) is 0 Å². The molecule has 1 aromatic rings. The molecule has 0 bridgehead atoms. The van der Waals surface area contributed by atoms with Crippen LogP contribution in [0.4, 0.5) is 0 Å². The molecule has 0 fully saturated rings. The number of benzene rings is 1. The Morgan fingerprint density at radius 2 is 1.94 bits per heavy atom. The molecule has 4 heteroatoms. The van der Waals surface area contributed by atoms with Crippen LogP contribution in [0.25, 0.3) is 0 Å². The lowest BCUT2D eigenvalue weighted by atomic mass is 10.0. The smallest absolute Gasteiger partial charge is 0.123 e. The molecule has 0 aromatic heterocycles. The number of methoxy groups -OCH3 is 2. The van der Waals surface area contributed by atoms with E-state index in [0.29, 0.717) is 6.61 Å². The molecule has 0 saturated heterocycles. The highest BCUT2D eigenvalue weighted by Crippen LogP contribution is 2.40. The van der Waals surface area contributed by atoms with E-state index in [1.165, 1.54) is 5.56 Å². The summed E-state index contributed by atoms with van der Waals surface area (Å²) >= 11 is 3.63. The van der Waals surface area contributed by atoms with Crippen molar-refractivity contribution in [2.24, 2.45) is 0 Å². The summed E-state index contributed by atoms with van der Waals surface area (Å²) in [5, 5.41) is 0. The summed E-state index contributed by atoms with van der Waals surface area (Å²) in [7, 11) is 3.38. The fourth-order valence-electron chi connectivity index (χ4n) is 2.04. The van der Waals surface area contributed by atoms with Gasteiger partial charge in [0.25, 0.3) is 0 Å². The van der Waals surface area contributed by atoms with Crippen molar-refractivity contribution in [2.45, 2.75) is 11.2 Å². The first-order valence-corrected chi connectivity index (χ1v) is 6.15. The first kappa shape index (κ1) is 11.7. The lowest BCUT2D eigenvalue weighted by Gasteiger charge is -2.17. The number of hydrogen-bond donors (Lipinski definition) is 0. The minimum absolute atomic E-state index is 0.162. The second-order valence-electron chi connectivity index (χ2n) is 3.65. The number of hydrogen-bond acceptors (Lipinski definition) is 3. The molecule has 1 heterocycles. The van der Waals surface area contributed by atoms with E-state index in [-0.39, 0.29) is 4.83 Å². The fourth-order valence-corrected chi connectivity index (χ4v) is 2.73. The standard InChI is InChI=1S/C12H15BrO3/c1-14-10-3-4-11(15-2)12-8(10)5-6-16-7-9(12)13/h3-4,9H,5-7H2,1-2H3. The molecular formula is C12H15BrO3. The number of rotatable bonds is 2. The van der Waals surface area contributed by atoms with Crippen LogP contribution in [0.1, 0.15) is 16.0 Å². The first-order chi connectivity index (χ1) is 7.77. The molecule has 0 radical (unpaired) electrons. The van der Waals surface area contributed by atoms with Gasteiger partial charge in [0.15, 0.2) is 0 Å². The summed E-state index contributed by atoms with van der Waals surface area (Å²) in [5.74, 6) is 1.80. The normalized spacial score (nSPS) is 19.8. The Morgan fingerprint density at radius 3 is 2.62 bits per heavy atom. The van der Waals surface area contributed by atoms with Crippen LogP contribution in [-0.2, 0) is 11.2 Å². The molecule has 0 saturated carbocycles. The third-order valence-electron chi connectivity index (χ3n) is 2.79. The Labute approximate surface area is 104 Å². The van der Waals surface area contributed by atoms with Crippen molar-refractivity contribution in [3.63, 3.8) is 0 Å². The minimum Gasteiger partial charge on any atom is -0.496 e. The van der Waals surface area contributed by atoms with Gasteiger partial charge in [-0.3, -0.25) is 0 Å². The summed E-state index contributed by atoms with van der Waals surface area (Å²) in [4.78, 5) is 0.162. The van der Waals surface area contributed by atoms with Crippen LogP contribution >= 0.6 is 15.9 Å². The molecule has 2 rings (SSSR count). The predicted octanol–water partition coefficient (Wildman–Crippen LogP) is 2.71. The van der Waals surface area contributed by atoms with Gasteiger partial charge in [0.2, 0.25) is 0 Å². The van der Waals surface area contributed by atoms with Crippen LogP contribution in [0.5, 0.6) is 11.5 Å². The van der Waals surface area contributed by atoms with E-state index in [0.717, 1.165) is 30.1 Å². The molecule has 1 atom stereocenters. The molecule has 1 aromatic carbocycles. The van der Waals surface area contributed by atoms with Crippen molar-refractivity contribution in [2.75, 3.05) is 27.4 Å². The average molecular weight is 287 g/mol. The van der Waals surface area contributed by atoms with Gasteiger partial charge in [-0.1, -0.05) is 15.9 Å². The maximum atomic E-state index is 5.53. The zero-order valence-electron chi connectivity index (χ0n) is 9.46. The molecule has 0 spiro atoms. The first-order valence-electron chi connectivity index (χ1n) is 5.23. The second kappa shape index (κ2) is 5.06. The minimum atomic E-state index is 0.162. The van der Waals surface area contributed by atoms with Gasteiger partial charge in [0.05, 0.1) is 32.3 Å². The van der Waals surface area contributed by atoms with Crippen LogP contribution in [0.3, 0.4) is 0 Å². The van der Waals surface area contributed by atoms with Gasteiger partial charge >= 0.3 is 0 Å². The Kier molecular flexibility index (Phi) is 3.71. The second-order valence-corrected chi connectivity index (χ2v) is 4.76. The maximum absolute atomic E-state index is 5.53. The van der Waals surface area contributed by atoms with Crippen LogP contribution in [0, 0.1) is 0 Å². The highest BCUT2D eigenvalue weighted by atomic mass is 79.9. The molecule has 0 amide bonds. The molecule has 0 N–H and O–H groups in total. The van der Waals surface area contributed by atoms with E-state index < -0.39 is 0 Å². The molecule has 3 nitrogen and oxygen atoms in total. The van der Waals surface area contributed by atoms with E-state index in [1.807, 2.05) is 12.1 Å². The number of alkyl halides is 1. The van der Waals surface area contributed by atoms with E-state index >= 15 is 0 Å². The van der Waals surface area contributed by atoms with Gasteiger partial charge in [-0.15, -0.1) is 0 Å². The highest BCUT2D eigenvalue weighted by molar-refractivity contribution is 9.09. The molecule has 88 valence electrons. The van der Waals surface area contributed by atoms with Crippen molar-refractivity contribution >= 4 is 15.9 Å². The molecule has 1 unspecified atom stereocenters. The molecule has 1 aliphatic rings. The lowest BCUT2D eigenvalue weighted by molar-refractivity contribution is 0.145. The summed E-state index contributed by atoms with van der Waals surface area (Å²) in [6.45, 7) is 1.38. The van der Waals surface area contributed by atoms with E-state index in [1.54, 1.807) is 14.2 Å². The van der Waals surface area contributed by atoms with Crippen LogP contribution < -0.4 is 9.47 Å². The van der Waals surface area contributed by atoms with Gasteiger partial charge in [0, 0.05) is 11.1 Å². The van der Waals surface area contributed by atoms with Crippen molar-refractivity contribution in [3.8, 4) is 11.5 Å².